The summed E-state index contributed by atoms with van der Waals surface area (Å²) < 4.78 is 0. The van der Waals surface area contributed by atoms with Crippen molar-refractivity contribution in [3.8, 4) is 0 Å². The molecule has 0 amide bonds. The Morgan fingerprint density at radius 1 is 1.05 bits per heavy atom. The number of benzene rings is 1. The molecule has 0 heterocycles. The second-order valence-corrected chi connectivity index (χ2v) is 6.84. The van der Waals surface area contributed by atoms with E-state index in [4.69, 9.17) is 11.6 Å². The lowest BCUT2D eigenvalue weighted by Gasteiger charge is -2.32. The molecule has 0 fully saturated rings. The van der Waals surface area contributed by atoms with E-state index in [0.717, 1.165) is 24.7 Å². The molecule has 0 spiro atoms. The van der Waals surface area contributed by atoms with Crippen molar-refractivity contribution in [1.29, 1.82) is 0 Å². The van der Waals surface area contributed by atoms with E-state index in [1.54, 1.807) is 0 Å². The molecular weight excluding hydrogens is 268 g/mol. The second kappa shape index (κ2) is 8.66. The summed E-state index contributed by atoms with van der Waals surface area (Å²) in [5.41, 5.74) is 1.31. The van der Waals surface area contributed by atoms with Gasteiger partial charge in [0.15, 0.2) is 0 Å². The summed E-state index contributed by atoms with van der Waals surface area (Å²) in [5.74, 6) is 1.33. The second-order valence-electron chi connectivity index (χ2n) is 6.41. The first-order valence-electron chi connectivity index (χ1n) is 7.55. The summed E-state index contributed by atoms with van der Waals surface area (Å²) in [6, 6.07) is 8.69. The summed E-state index contributed by atoms with van der Waals surface area (Å²) in [5, 5.41) is 4.38. The smallest absolute Gasteiger partial charge is 0.0406 e. The number of nitrogens with zero attached hydrogens (tertiary/aromatic N) is 1. The fourth-order valence-corrected chi connectivity index (χ4v) is 2.54. The van der Waals surface area contributed by atoms with Crippen LogP contribution in [0.3, 0.4) is 0 Å². The third-order valence-electron chi connectivity index (χ3n) is 3.59. The SMILES string of the molecule is CC(C)CNCC(C(C)C)N(C)Cc1ccc(Cl)cc1. The molecule has 0 aliphatic rings. The van der Waals surface area contributed by atoms with Crippen LogP contribution in [0.1, 0.15) is 33.3 Å². The Bertz CT molecular complexity index is 373. The maximum absolute atomic E-state index is 5.94. The fraction of sp³-hybridized carbons (Fsp3) is 0.647. The third kappa shape index (κ3) is 6.25. The fourth-order valence-electron chi connectivity index (χ4n) is 2.42. The van der Waals surface area contributed by atoms with Crippen molar-refractivity contribution in [3.05, 3.63) is 34.9 Å². The molecule has 0 bridgehead atoms. The van der Waals surface area contributed by atoms with Gasteiger partial charge in [0.2, 0.25) is 0 Å². The molecule has 0 saturated carbocycles. The minimum Gasteiger partial charge on any atom is -0.315 e. The molecule has 0 radical (unpaired) electrons. The first-order chi connectivity index (χ1) is 9.40. The lowest BCUT2D eigenvalue weighted by molar-refractivity contribution is 0.178. The van der Waals surface area contributed by atoms with Crippen molar-refractivity contribution in [2.24, 2.45) is 11.8 Å². The molecular formula is C17H29ClN2. The summed E-state index contributed by atoms with van der Waals surface area (Å²) >= 11 is 5.94. The van der Waals surface area contributed by atoms with E-state index in [1.165, 1.54) is 5.56 Å². The molecule has 0 aromatic heterocycles. The minimum absolute atomic E-state index is 0.546. The zero-order valence-corrected chi connectivity index (χ0v) is 14.2. The normalized spacial score (nSPS) is 13.4. The highest BCUT2D eigenvalue weighted by atomic mass is 35.5. The van der Waals surface area contributed by atoms with Crippen molar-refractivity contribution >= 4 is 11.6 Å². The van der Waals surface area contributed by atoms with Crippen molar-refractivity contribution < 1.29 is 0 Å². The van der Waals surface area contributed by atoms with E-state index in [2.05, 4.69) is 57.1 Å². The van der Waals surface area contributed by atoms with Crippen LogP contribution in [-0.2, 0) is 6.54 Å². The molecule has 1 aromatic carbocycles. The number of rotatable bonds is 8. The van der Waals surface area contributed by atoms with Gasteiger partial charge in [-0.05, 0) is 43.1 Å². The molecule has 3 heteroatoms. The minimum atomic E-state index is 0.546. The average molecular weight is 297 g/mol. The van der Waals surface area contributed by atoms with Gasteiger partial charge in [-0.15, -0.1) is 0 Å². The summed E-state index contributed by atoms with van der Waals surface area (Å²) in [6.07, 6.45) is 0. The van der Waals surface area contributed by atoms with Gasteiger partial charge in [0, 0.05) is 24.2 Å². The molecule has 114 valence electrons. The maximum Gasteiger partial charge on any atom is 0.0406 e. The lowest BCUT2D eigenvalue weighted by atomic mass is 10.0. The third-order valence-corrected chi connectivity index (χ3v) is 3.84. The Kier molecular flexibility index (Phi) is 7.57. The molecule has 1 rings (SSSR count). The largest absolute Gasteiger partial charge is 0.315 e. The van der Waals surface area contributed by atoms with Gasteiger partial charge in [-0.1, -0.05) is 51.4 Å². The zero-order valence-electron chi connectivity index (χ0n) is 13.5. The number of nitrogens with one attached hydrogen (secondary N) is 1. The van der Waals surface area contributed by atoms with Crippen LogP contribution in [0.5, 0.6) is 0 Å². The van der Waals surface area contributed by atoms with Crippen LogP contribution in [-0.4, -0.2) is 31.1 Å². The molecule has 1 atom stereocenters. The number of likely N-dealkylation sites (N-methyl/N-ethyl adjacent to an activating group) is 1. The molecule has 0 aliphatic carbocycles. The van der Waals surface area contributed by atoms with Gasteiger partial charge < -0.3 is 5.32 Å². The predicted octanol–water partition coefficient (Wildman–Crippen LogP) is 4.04. The summed E-state index contributed by atoms with van der Waals surface area (Å²) in [6.45, 7) is 12.2. The van der Waals surface area contributed by atoms with Crippen LogP contribution in [0.4, 0.5) is 0 Å². The van der Waals surface area contributed by atoms with Crippen LogP contribution < -0.4 is 5.32 Å². The monoisotopic (exact) mass is 296 g/mol. The first kappa shape index (κ1) is 17.5. The van der Waals surface area contributed by atoms with E-state index in [1.807, 2.05) is 12.1 Å². The van der Waals surface area contributed by atoms with Gasteiger partial charge >= 0.3 is 0 Å². The van der Waals surface area contributed by atoms with Crippen LogP contribution in [0.25, 0.3) is 0 Å². The average Bonchev–Trinajstić information content (AvgIpc) is 2.36. The van der Waals surface area contributed by atoms with Crippen LogP contribution >= 0.6 is 11.6 Å². The molecule has 1 aromatic rings. The van der Waals surface area contributed by atoms with Gasteiger partial charge in [-0.3, -0.25) is 4.90 Å². The van der Waals surface area contributed by atoms with Crippen molar-refractivity contribution in [3.63, 3.8) is 0 Å². The van der Waals surface area contributed by atoms with Gasteiger partial charge in [0.1, 0.15) is 0 Å². The number of hydrogen-bond acceptors (Lipinski definition) is 2. The Hall–Kier alpha value is -0.570. The van der Waals surface area contributed by atoms with Crippen LogP contribution in [0.15, 0.2) is 24.3 Å². The van der Waals surface area contributed by atoms with Gasteiger partial charge in [-0.25, -0.2) is 0 Å². The first-order valence-corrected chi connectivity index (χ1v) is 7.93. The van der Waals surface area contributed by atoms with E-state index >= 15 is 0 Å². The van der Waals surface area contributed by atoms with Crippen molar-refractivity contribution in [1.82, 2.24) is 10.2 Å². The Balaban J connectivity index is 2.54. The lowest BCUT2D eigenvalue weighted by Crippen LogP contribution is -2.43. The molecule has 0 saturated heterocycles. The van der Waals surface area contributed by atoms with Gasteiger partial charge in [0.05, 0.1) is 0 Å². The molecule has 1 unspecified atom stereocenters. The molecule has 0 aliphatic heterocycles. The molecule has 1 N–H and O–H groups in total. The number of halogens is 1. The van der Waals surface area contributed by atoms with Crippen LogP contribution in [0.2, 0.25) is 5.02 Å². The van der Waals surface area contributed by atoms with E-state index < -0.39 is 0 Å². The Morgan fingerprint density at radius 3 is 2.15 bits per heavy atom. The van der Waals surface area contributed by atoms with E-state index in [-0.39, 0.29) is 0 Å². The van der Waals surface area contributed by atoms with Gasteiger partial charge in [-0.2, -0.15) is 0 Å². The van der Waals surface area contributed by atoms with Crippen molar-refractivity contribution in [2.75, 3.05) is 20.1 Å². The maximum atomic E-state index is 5.94. The number of hydrogen-bond donors (Lipinski definition) is 1. The summed E-state index contributed by atoms with van der Waals surface area (Å²) in [4.78, 5) is 2.43. The van der Waals surface area contributed by atoms with Gasteiger partial charge in [0.25, 0.3) is 0 Å². The standard InChI is InChI=1S/C17H29ClN2/c1-13(2)10-19-11-17(14(3)4)20(5)12-15-6-8-16(18)9-7-15/h6-9,13-14,17,19H,10-12H2,1-5H3. The highest BCUT2D eigenvalue weighted by Gasteiger charge is 2.18. The van der Waals surface area contributed by atoms with Crippen LogP contribution in [0, 0.1) is 11.8 Å². The van der Waals surface area contributed by atoms with Crippen molar-refractivity contribution in [2.45, 2.75) is 40.3 Å². The Morgan fingerprint density at radius 2 is 1.65 bits per heavy atom. The zero-order chi connectivity index (χ0) is 15.1. The Labute approximate surface area is 129 Å². The topological polar surface area (TPSA) is 15.3 Å². The molecule has 2 nitrogen and oxygen atoms in total. The highest BCUT2D eigenvalue weighted by molar-refractivity contribution is 6.30. The predicted molar refractivity (Wildman–Crippen MR) is 89.3 cm³/mol. The summed E-state index contributed by atoms with van der Waals surface area (Å²) in [7, 11) is 2.20. The molecule has 20 heavy (non-hydrogen) atoms. The quantitative estimate of drug-likeness (QED) is 0.779. The van der Waals surface area contributed by atoms with E-state index in [9.17, 15) is 0 Å². The van der Waals surface area contributed by atoms with E-state index in [0.29, 0.717) is 17.9 Å². The highest BCUT2D eigenvalue weighted by Crippen LogP contribution is 2.15.